The van der Waals surface area contributed by atoms with E-state index >= 15 is 0 Å². The van der Waals surface area contributed by atoms with Crippen molar-refractivity contribution in [2.45, 2.75) is 56.5 Å². The number of nitrogens with two attached hydrogens (primary N) is 1. The Morgan fingerprint density at radius 3 is 1.95 bits per heavy atom. The number of aliphatic carboxylic acids is 1. The minimum Gasteiger partial charge on any atom is -0.480 e. The first-order chi connectivity index (χ1) is 20.1. The molecule has 3 aromatic heterocycles. The zero-order valence-corrected chi connectivity index (χ0v) is 22.7. The fraction of sp³-hybridized carbons (Fsp3) is 0.333. The van der Waals surface area contributed by atoms with Crippen molar-refractivity contribution >= 4 is 34.6 Å². The molecule has 0 bridgehead atoms. The van der Waals surface area contributed by atoms with Crippen molar-refractivity contribution in [3.8, 4) is 0 Å². The Morgan fingerprint density at radius 1 is 0.833 bits per heavy atom. The number of rotatable bonds is 14. The van der Waals surface area contributed by atoms with Gasteiger partial charge in [0, 0.05) is 60.1 Å². The van der Waals surface area contributed by atoms with E-state index in [4.69, 9.17) is 5.73 Å². The number of amides is 3. The highest BCUT2D eigenvalue weighted by atomic mass is 16.4. The van der Waals surface area contributed by atoms with Crippen LogP contribution in [0.25, 0.3) is 10.9 Å². The van der Waals surface area contributed by atoms with E-state index in [1.165, 1.54) is 32.0 Å². The molecule has 222 valence electrons. The number of carbonyl (C=O) groups excluding carboxylic acids is 3. The maximum absolute atomic E-state index is 13.7. The van der Waals surface area contributed by atoms with E-state index in [2.05, 4.69) is 40.9 Å². The van der Waals surface area contributed by atoms with Gasteiger partial charge in [0.1, 0.15) is 24.2 Å². The molecule has 5 unspecified atom stereocenters. The summed E-state index contributed by atoms with van der Waals surface area (Å²) in [7, 11) is 0. The number of aliphatic hydroxyl groups excluding tert-OH is 1. The lowest BCUT2D eigenvalue weighted by atomic mass is 10.0. The molecule has 0 aliphatic rings. The van der Waals surface area contributed by atoms with Crippen molar-refractivity contribution in [2.75, 3.05) is 0 Å². The van der Waals surface area contributed by atoms with E-state index in [-0.39, 0.29) is 19.3 Å². The predicted molar refractivity (Wildman–Crippen MR) is 150 cm³/mol. The molecule has 4 aromatic rings. The minimum atomic E-state index is -1.31. The molecule has 15 nitrogen and oxygen atoms in total. The number of benzene rings is 1. The average Bonchev–Trinajstić information content (AvgIpc) is 3.74. The van der Waals surface area contributed by atoms with Gasteiger partial charge >= 0.3 is 5.97 Å². The number of aromatic nitrogens is 5. The number of carboxylic acids is 1. The van der Waals surface area contributed by atoms with E-state index in [9.17, 15) is 29.4 Å². The number of aliphatic hydroxyl groups is 1. The lowest BCUT2D eigenvalue weighted by Crippen LogP contribution is -2.59. The quantitative estimate of drug-likeness (QED) is 0.0878. The SMILES string of the molecule is CC(O)C(N)C(=O)NC(Cc1c[nH]c2ccccc12)C(=O)NC(Cc1cnc[nH]1)C(=O)NC(Cc1cnc[nH]1)C(=O)O. The third-order valence-corrected chi connectivity index (χ3v) is 6.76. The third kappa shape index (κ3) is 7.58. The molecule has 0 radical (unpaired) electrons. The van der Waals surface area contributed by atoms with Crippen LogP contribution in [0.4, 0.5) is 0 Å². The Balaban J connectivity index is 1.57. The van der Waals surface area contributed by atoms with Crippen molar-refractivity contribution in [3.63, 3.8) is 0 Å². The van der Waals surface area contributed by atoms with E-state index in [1.54, 1.807) is 6.20 Å². The standard InChI is InChI=1S/C27H33N9O6/c1-14(37)23(28)26(40)35-20(6-15-9-31-19-5-3-2-4-18(15)19)24(38)34-21(7-16-10-29-12-32-16)25(39)36-22(27(41)42)8-17-11-30-13-33-17/h2-5,9-14,20-23,31,37H,6-8,28H2,1H3,(H,29,32)(H,30,33)(H,34,38)(H,35,40)(H,36,39)(H,41,42). The second kappa shape index (κ2) is 13.6. The molecular formula is C27H33N9O6. The van der Waals surface area contributed by atoms with Crippen LogP contribution in [0.1, 0.15) is 23.9 Å². The zero-order valence-electron chi connectivity index (χ0n) is 22.7. The molecule has 3 heterocycles. The molecule has 42 heavy (non-hydrogen) atoms. The Hall–Kier alpha value is -5.02. The van der Waals surface area contributed by atoms with Crippen LogP contribution >= 0.6 is 0 Å². The molecule has 5 atom stereocenters. The number of aromatic amines is 3. The molecule has 15 heteroatoms. The molecule has 0 aliphatic carbocycles. The highest BCUT2D eigenvalue weighted by molar-refractivity contribution is 5.95. The fourth-order valence-electron chi connectivity index (χ4n) is 4.40. The van der Waals surface area contributed by atoms with Crippen LogP contribution in [0, 0.1) is 0 Å². The van der Waals surface area contributed by atoms with Crippen LogP contribution in [0.5, 0.6) is 0 Å². The lowest BCUT2D eigenvalue weighted by Gasteiger charge is -2.25. The van der Waals surface area contributed by atoms with Gasteiger partial charge in [0.05, 0.1) is 18.8 Å². The van der Waals surface area contributed by atoms with Gasteiger partial charge in [-0.15, -0.1) is 0 Å². The number of H-pyrrole nitrogens is 3. The molecule has 3 amide bonds. The van der Waals surface area contributed by atoms with E-state index < -0.39 is 54.0 Å². The largest absolute Gasteiger partial charge is 0.480 e. The average molecular weight is 580 g/mol. The van der Waals surface area contributed by atoms with Crippen LogP contribution in [-0.4, -0.2) is 89.1 Å². The normalized spacial score (nSPS) is 14.8. The second-order valence-electron chi connectivity index (χ2n) is 9.91. The molecule has 0 saturated carbocycles. The van der Waals surface area contributed by atoms with E-state index in [0.29, 0.717) is 11.4 Å². The van der Waals surface area contributed by atoms with Crippen molar-refractivity contribution in [2.24, 2.45) is 5.73 Å². The van der Waals surface area contributed by atoms with Gasteiger partial charge in [-0.05, 0) is 18.6 Å². The molecule has 0 aliphatic heterocycles. The summed E-state index contributed by atoms with van der Waals surface area (Å²) in [6.45, 7) is 1.35. The van der Waals surface area contributed by atoms with Crippen LogP contribution < -0.4 is 21.7 Å². The first kappa shape index (κ1) is 30.0. The summed E-state index contributed by atoms with van der Waals surface area (Å²) in [5, 5.41) is 28.1. The van der Waals surface area contributed by atoms with Crippen LogP contribution in [0.15, 0.2) is 55.5 Å². The van der Waals surface area contributed by atoms with Gasteiger partial charge in [-0.25, -0.2) is 14.8 Å². The van der Waals surface area contributed by atoms with Gasteiger partial charge in [-0.3, -0.25) is 14.4 Å². The van der Waals surface area contributed by atoms with Crippen molar-refractivity contribution < 1.29 is 29.4 Å². The summed E-state index contributed by atoms with van der Waals surface area (Å²) in [6.07, 6.45) is 6.17. The maximum atomic E-state index is 13.7. The molecule has 0 spiro atoms. The van der Waals surface area contributed by atoms with Gasteiger partial charge < -0.3 is 46.8 Å². The summed E-state index contributed by atoms with van der Waals surface area (Å²) >= 11 is 0. The number of nitrogens with zero attached hydrogens (tertiary/aromatic N) is 2. The van der Waals surface area contributed by atoms with Crippen molar-refractivity contribution in [1.82, 2.24) is 40.9 Å². The van der Waals surface area contributed by atoms with Gasteiger partial charge in [0.15, 0.2) is 0 Å². The number of fused-ring (bicyclic) bond motifs is 1. The monoisotopic (exact) mass is 579 g/mol. The Morgan fingerprint density at radius 2 is 1.38 bits per heavy atom. The fourth-order valence-corrected chi connectivity index (χ4v) is 4.40. The minimum absolute atomic E-state index is 0.0318. The highest BCUT2D eigenvalue weighted by Crippen LogP contribution is 2.19. The maximum Gasteiger partial charge on any atom is 0.326 e. The number of para-hydroxylation sites is 1. The Labute approximate surface area is 239 Å². The summed E-state index contributed by atoms with van der Waals surface area (Å²) < 4.78 is 0. The molecule has 10 N–H and O–H groups in total. The predicted octanol–water partition coefficient (Wildman–Crippen LogP) is -1.11. The molecule has 0 fully saturated rings. The van der Waals surface area contributed by atoms with Gasteiger partial charge in [0.25, 0.3) is 0 Å². The summed E-state index contributed by atoms with van der Waals surface area (Å²) in [5.74, 6) is -3.51. The number of hydrogen-bond acceptors (Lipinski definition) is 8. The van der Waals surface area contributed by atoms with Crippen LogP contribution in [-0.2, 0) is 38.4 Å². The zero-order chi connectivity index (χ0) is 30.2. The van der Waals surface area contributed by atoms with Crippen molar-refractivity contribution in [3.05, 3.63) is 72.5 Å². The highest BCUT2D eigenvalue weighted by Gasteiger charge is 2.32. The number of nitrogens with one attached hydrogen (secondary N) is 6. The molecule has 0 saturated heterocycles. The second-order valence-corrected chi connectivity index (χ2v) is 9.91. The number of hydrogen-bond donors (Lipinski definition) is 9. The van der Waals surface area contributed by atoms with Crippen LogP contribution in [0.3, 0.4) is 0 Å². The first-order valence-electron chi connectivity index (χ1n) is 13.2. The van der Waals surface area contributed by atoms with E-state index in [0.717, 1.165) is 16.5 Å². The molecule has 1 aromatic carbocycles. The molecule has 4 rings (SSSR count). The Bertz CT molecular complexity index is 1500. The third-order valence-electron chi connectivity index (χ3n) is 6.76. The lowest BCUT2D eigenvalue weighted by molar-refractivity contribution is -0.142. The van der Waals surface area contributed by atoms with Gasteiger partial charge in [0.2, 0.25) is 17.7 Å². The van der Waals surface area contributed by atoms with E-state index in [1.807, 2.05) is 24.3 Å². The smallest absolute Gasteiger partial charge is 0.326 e. The summed E-state index contributed by atoms with van der Waals surface area (Å²) in [5.41, 5.74) is 8.36. The first-order valence-corrected chi connectivity index (χ1v) is 13.2. The molecular weight excluding hydrogens is 546 g/mol. The van der Waals surface area contributed by atoms with Gasteiger partial charge in [-0.2, -0.15) is 0 Å². The number of carboxylic acid groups (broad SMARTS) is 1. The number of imidazole rings is 2. The number of carbonyl (C=O) groups is 4. The van der Waals surface area contributed by atoms with Crippen LogP contribution in [0.2, 0.25) is 0 Å². The van der Waals surface area contributed by atoms with Gasteiger partial charge in [-0.1, -0.05) is 18.2 Å². The Kier molecular flexibility index (Phi) is 9.67. The summed E-state index contributed by atoms with van der Waals surface area (Å²) in [6, 6.07) is 2.36. The van der Waals surface area contributed by atoms with Crippen molar-refractivity contribution in [1.29, 1.82) is 0 Å². The summed E-state index contributed by atoms with van der Waals surface area (Å²) in [4.78, 5) is 68.4. The topological polar surface area (TPSA) is 244 Å².